The van der Waals surface area contributed by atoms with Gasteiger partial charge in [0.1, 0.15) is 5.69 Å². The van der Waals surface area contributed by atoms with Gasteiger partial charge in [-0.25, -0.2) is 9.59 Å². The van der Waals surface area contributed by atoms with Crippen LogP contribution >= 0.6 is 0 Å². The van der Waals surface area contributed by atoms with Crippen molar-refractivity contribution >= 4 is 18.0 Å². The number of carbonyl (C=O) groups excluding carboxylic acids is 3. The van der Waals surface area contributed by atoms with E-state index in [-0.39, 0.29) is 12.0 Å². The van der Waals surface area contributed by atoms with Crippen LogP contribution in [-0.2, 0) is 15.9 Å². The molecule has 8 heteroatoms. The molecule has 1 aliphatic rings. The number of methoxy groups -OCH3 is 2. The largest absolute Gasteiger partial charge is 0.465 e. The highest BCUT2D eigenvalue weighted by Gasteiger charge is 2.29. The summed E-state index contributed by atoms with van der Waals surface area (Å²) in [7, 11) is 2.69. The van der Waals surface area contributed by atoms with Crippen molar-refractivity contribution in [2.45, 2.75) is 33.1 Å². The van der Waals surface area contributed by atoms with E-state index in [4.69, 9.17) is 9.47 Å². The molecule has 0 aromatic carbocycles. The number of hydrogen-bond donors (Lipinski definition) is 1. The lowest BCUT2D eigenvalue weighted by Gasteiger charge is -2.21. The van der Waals surface area contributed by atoms with Gasteiger partial charge in [-0.1, -0.05) is 13.3 Å². The third-order valence-corrected chi connectivity index (χ3v) is 4.61. The smallest absolute Gasteiger partial charge is 0.409 e. The lowest BCUT2D eigenvalue weighted by molar-refractivity contribution is 0.0599. The van der Waals surface area contributed by atoms with Gasteiger partial charge >= 0.3 is 12.1 Å². The fourth-order valence-electron chi connectivity index (χ4n) is 3.33. The van der Waals surface area contributed by atoms with E-state index >= 15 is 0 Å². The first-order chi connectivity index (χ1) is 12.4. The molecule has 0 spiro atoms. The topological polar surface area (TPSA) is 91.9 Å². The summed E-state index contributed by atoms with van der Waals surface area (Å²) in [6.45, 7) is 5.70. The molecule has 0 atom stereocenters. The number of aryl methyl sites for hydroxylation is 1. The molecule has 2 rings (SSSR count). The zero-order valence-electron chi connectivity index (χ0n) is 15.9. The molecule has 0 unspecified atom stereocenters. The van der Waals surface area contributed by atoms with E-state index < -0.39 is 5.97 Å². The van der Waals surface area contributed by atoms with Gasteiger partial charge in [-0.05, 0) is 25.3 Å². The van der Waals surface area contributed by atoms with Gasteiger partial charge in [0.05, 0.1) is 19.8 Å². The summed E-state index contributed by atoms with van der Waals surface area (Å²) in [5.74, 6) is -0.590. The third-order valence-electron chi connectivity index (χ3n) is 4.61. The van der Waals surface area contributed by atoms with Gasteiger partial charge in [-0.15, -0.1) is 0 Å². The summed E-state index contributed by atoms with van der Waals surface area (Å²) in [4.78, 5) is 43.3. The van der Waals surface area contributed by atoms with E-state index in [1.807, 2.05) is 6.92 Å². The number of nitrogens with zero attached hydrogens (tertiary/aromatic N) is 2. The second kappa shape index (κ2) is 8.73. The molecular formula is C18H27N3O5. The lowest BCUT2D eigenvalue weighted by Crippen LogP contribution is -2.37. The van der Waals surface area contributed by atoms with Crippen LogP contribution in [0.25, 0.3) is 0 Å². The minimum Gasteiger partial charge on any atom is -0.465 e. The van der Waals surface area contributed by atoms with Crippen LogP contribution in [-0.4, -0.2) is 73.2 Å². The Bertz CT molecular complexity index is 683. The highest BCUT2D eigenvalue weighted by Crippen LogP contribution is 2.23. The Morgan fingerprint density at radius 2 is 1.69 bits per heavy atom. The molecule has 2 amide bonds. The van der Waals surface area contributed by atoms with Crippen LogP contribution in [0.3, 0.4) is 0 Å². The number of carbonyl (C=O) groups is 3. The molecule has 8 nitrogen and oxygen atoms in total. The van der Waals surface area contributed by atoms with E-state index in [0.717, 1.165) is 6.42 Å². The molecule has 0 saturated carbocycles. The molecule has 1 aromatic rings. The lowest BCUT2D eigenvalue weighted by atomic mass is 10.0. The van der Waals surface area contributed by atoms with Gasteiger partial charge in [0.15, 0.2) is 0 Å². The van der Waals surface area contributed by atoms with Crippen LogP contribution in [0.1, 0.15) is 51.9 Å². The average molecular weight is 365 g/mol. The van der Waals surface area contributed by atoms with Crippen LogP contribution < -0.4 is 0 Å². The van der Waals surface area contributed by atoms with Crippen molar-refractivity contribution in [3.8, 4) is 0 Å². The van der Waals surface area contributed by atoms with Gasteiger partial charge in [-0.2, -0.15) is 0 Å². The van der Waals surface area contributed by atoms with Gasteiger partial charge in [-0.3, -0.25) is 4.79 Å². The number of nitrogens with one attached hydrogen (secondary N) is 1. The molecule has 0 bridgehead atoms. The number of H-pyrrole nitrogens is 1. The van der Waals surface area contributed by atoms with Gasteiger partial charge in [0.2, 0.25) is 0 Å². The van der Waals surface area contributed by atoms with Crippen molar-refractivity contribution in [1.29, 1.82) is 0 Å². The number of ether oxygens (including phenoxy) is 2. The van der Waals surface area contributed by atoms with Crippen molar-refractivity contribution in [2.75, 3.05) is 40.4 Å². The molecule has 0 radical (unpaired) electrons. The standard InChI is InChI=1S/C18H27N3O5/c1-5-7-13-14(17(23)25-3)12(2)19-15(13)16(22)20-8-6-9-21(11-10-20)18(24)26-4/h19H,5-11H2,1-4H3. The van der Waals surface area contributed by atoms with Crippen LogP contribution in [0.4, 0.5) is 4.79 Å². The predicted octanol–water partition coefficient (Wildman–Crippen LogP) is 1.98. The SMILES string of the molecule is CCCc1c(C(=O)N2CCCN(C(=O)OC)CC2)[nH]c(C)c1C(=O)OC. The third kappa shape index (κ3) is 4.00. The zero-order chi connectivity index (χ0) is 19.3. The molecule has 1 fully saturated rings. The van der Waals surface area contributed by atoms with Crippen molar-refractivity contribution in [2.24, 2.45) is 0 Å². The van der Waals surface area contributed by atoms with E-state index in [9.17, 15) is 14.4 Å². The van der Waals surface area contributed by atoms with Crippen molar-refractivity contribution in [3.63, 3.8) is 0 Å². The van der Waals surface area contributed by atoms with Crippen LogP contribution in [0.5, 0.6) is 0 Å². The zero-order valence-corrected chi connectivity index (χ0v) is 15.9. The molecule has 26 heavy (non-hydrogen) atoms. The van der Waals surface area contributed by atoms with Crippen LogP contribution in [0.15, 0.2) is 0 Å². The second-order valence-electron chi connectivity index (χ2n) is 6.32. The Kier molecular flexibility index (Phi) is 6.65. The minimum absolute atomic E-state index is 0.154. The normalized spacial score (nSPS) is 14.8. The van der Waals surface area contributed by atoms with Crippen molar-refractivity contribution in [1.82, 2.24) is 14.8 Å². The molecule has 1 saturated heterocycles. The molecule has 2 heterocycles. The Labute approximate surface area is 153 Å². The summed E-state index contributed by atoms with van der Waals surface area (Å²) < 4.78 is 9.63. The monoisotopic (exact) mass is 365 g/mol. The molecule has 1 aliphatic heterocycles. The van der Waals surface area contributed by atoms with Crippen molar-refractivity contribution < 1.29 is 23.9 Å². The average Bonchev–Trinajstić information content (AvgIpc) is 2.82. The van der Waals surface area contributed by atoms with Crippen LogP contribution in [0.2, 0.25) is 0 Å². The maximum absolute atomic E-state index is 13.1. The maximum Gasteiger partial charge on any atom is 0.409 e. The summed E-state index contributed by atoms with van der Waals surface area (Å²) >= 11 is 0. The van der Waals surface area contributed by atoms with E-state index in [2.05, 4.69) is 4.98 Å². The number of amides is 2. The molecule has 144 valence electrons. The quantitative estimate of drug-likeness (QED) is 0.824. The second-order valence-corrected chi connectivity index (χ2v) is 6.32. The van der Waals surface area contributed by atoms with Gasteiger partial charge < -0.3 is 24.3 Å². The molecule has 0 aliphatic carbocycles. The summed E-state index contributed by atoms with van der Waals surface area (Å²) in [6.07, 6.45) is 1.71. The number of rotatable bonds is 4. The Balaban J connectivity index is 2.26. The maximum atomic E-state index is 13.1. The Morgan fingerprint density at radius 1 is 1.04 bits per heavy atom. The first kappa shape index (κ1) is 19.8. The predicted molar refractivity (Wildman–Crippen MR) is 95.4 cm³/mol. The number of esters is 1. The number of hydrogen-bond acceptors (Lipinski definition) is 5. The minimum atomic E-state index is -0.436. The van der Waals surface area contributed by atoms with E-state index in [1.54, 1.807) is 16.7 Å². The summed E-state index contributed by atoms with van der Waals surface area (Å²) in [6, 6.07) is 0. The first-order valence-electron chi connectivity index (χ1n) is 8.86. The fraction of sp³-hybridized carbons (Fsp3) is 0.611. The van der Waals surface area contributed by atoms with Crippen molar-refractivity contribution in [3.05, 3.63) is 22.5 Å². The number of aromatic amines is 1. The van der Waals surface area contributed by atoms with Gasteiger partial charge in [0, 0.05) is 31.9 Å². The Morgan fingerprint density at radius 3 is 2.31 bits per heavy atom. The highest BCUT2D eigenvalue weighted by atomic mass is 16.5. The molecule has 1 N–H and O–H groups in total. The van der Waals surface area contributed by atoms with E-state index in [0.29, 0.717) is 61.5 Å². The Hall–Kier alpha value is -2.51. The summed E-state index contributed by atoms with van der Waals surface area (Å²) in [5, 5.41) is 0. The molecular weight excluding hydrogens is 338 g/mol. The number of aromatic nitrogens is 1. The van der Waals surface area contributed by atoms with E-state index in [1.165, 1.54) is 14.2 Å². The highest BCUT2D eigenvalue weighted by molar-refractivity contribution is 6.00. The fourth-order valence-corrected chi connectivity index (χ4v) is 3.33. The molecule has 1 aromatic heterocycles. The van der Waals surface area contributed by atoms with Crippen LogP contribution in [0, 0.1) is 6.92 Å². The van der Waals surface area contributed by atoms with Gasteiger partial charge in [0.25, 0.3) is 5.91 Å². The summed E-state index contributed by atoms with van der Waals surface area (Å²) in [5.41, 5.74) is 2.23. The first-order valence-corrected chi connectivity index (χ1v) is 8.86.